The maximum Gasteiger partial charge on any atom is 0.188 e. The van der Waals surface area contributed by atoms with Crippen molar-refractivity contribution in [2.24, 2.45) is 0 Å². The van der Waals surface area contributed by atoms with Gasteiger partial charge in [-0.3, -0.25) is 4.79 Å². The molecule has 0 N–H and O–H groups in total. The molecule has 0 unspecified atom stereocenters. The average Bonchev–Trinajstić information content (AvgIpc) is 2.34. The lowest BCUT2D eigenvalue weighted by Crippen LogP contribution is -2.09. The monoisotopic (exact) mass is 264 g/mol. The molecule has 3 heteroatoms. The van der Waals surface area contributed by atoms with Crippen molar-refractivity contribution in [1.29, 1.82) is 0 Å². The van der Waals surface area contributed by atoms with Crippen molar-refractivity contribution in [3.8, 4) is 5.75 Å². The fraction of sp³-hybridized carbons (Fsp3) is 0.562. The summed E-state index contributed by atoms with van der Waals surface area (Å²) in [5, 5.41) is 0. The number of rotatable bonds is 6. The van der Waals surface area contributed by atoms with Crippen LogP contribution in [0, 0.1) is 0 Å². The van der Waals surface area contributed by atoms with Crippen LogP contribution in [0.2, 0.25) is 0 Å². The molecule has 0 atom stereocenters. The van der Waals surface area contributed by atoms with E-state index in [0.29, 0.717) is 11.8 Å². The van der Waals surface area contributed by atoms with Gasteiger partial charge in [-0.25, -0.2) is 0 Å². The zero-order valence-corrected chi connectivity index (χ0v) is 12.7. The van der Waals surface area contributed by atoms with E-state index in [1.165, 1.54) is 0 Å². The molecule has 0 saturated heterocycles. The SMILES string of the molecule is COCOc1c(C(C)C)cc(C(C)=O)cc1C(C)C. The van der Waals surface area contributed by atoms with Gasteiger partial charge in [-0.2, -0.15) is 0 Å². The highest BCUT2D eigenvalue weighted by Gasteiger charge is 2.18. The minimum atomic E-state index is 0.0853. The molecule has 0 saturated carbocycles. The average molecular weight is 264 g/mol. The van der Waals surface area contributed by atoms with Gasteiger partial charge in [-0.05, 0) is 42.0 Å². The van der Waals surface area contributed by atoms with Crippen molar-refractivity contribution in [2.75, 3.05) is 13.9 Å². The highest BCUT2D eigenvalue weighted by molar-refractivity contribution is 5.94. The molecule has 1 aromatic rings. The third kappa shape index (κ3) is 3.80. The number of benzene rings is 1. The molecule has 0 aliphatic heterocycles. The molecule has 106 valence electrons. The van der Waals surface area contributed by atoms with Crippen LogP contribution in [0.5, 0.6) is 5.75 Å². The first-order chi connectivity index (χ1) is 8.88. The molecule has 19 heavy (non-hydrogen) atoms. The summed E-state index contributed by atoms with van der Waals surface area (Å²) in [5.74, 6) is 1.53. The van der Waals surface area contributed by atoms with Crippen LogP contribution in [0.15, 0.2) is 12.1 Å². The molecule has 0 aliphatic rings. The number of hydrogen-bond donors (Lipinski definition) is 0. The molecule has 0 radical (unpaired) electrons. The first-order valence-corrected chi connectivity index (χ1v) is 6.69. The van der Waals surface area contributed by atoms with Gasteiger partial charge < -0.3 is 9.47 Å². The zero-order chi connectivity index (χ0) is 14.6. The normalized spacial score (nSPS) is 11.2. The number of methoxy groups -OCH3 is 1. The fourth-order valence-electron chi connectivity index (χ4n) is 2.02. The van der Waals surface area contributed by atoms with Gasteiger partial charge in [0, 0.05) is 12.7 Å². The van der Waals surface area contributed by atoms with E-state index in [9.17, 15) is 4.79 Å². The number of ether oxygens (including phenoxy) is 2. The third-order valence-electron chi connectivity index (χ3n) is 3.12. The van der Waals surface area contributed by atoms with E-state index in [0.717, 1.165) is 22.4 Å². The molecule has 0 spiro atoms. The molecule has 0 amide bonds. The Morgan fingerprint density at radius 3 is 1.89 bits per heavy atom. The van der Waals surface area contributed by atoms with Gasteiger partial charge in [0.25, 0.3) is 0 Å². The minimum Gasteiger partial charge on any atom is -0.467 e. The summed E-state index contributed by atoms with van der Waals surface area (Å²) >= 11 is 0. The van der Waals surface area contributed by atoms with Crippen molar-refractivity contribution in [3.05, 3.63) is 28.8 Å². The summed E-state index contributed by atoms with van der Waals surface area (Å²) in [6.45, 7) is 10.2. The first-order valence-electron chi connectivity index (χ1n) is 6.69. The lowest BCUT2D eigenvalue weighted by atomic mass is 9.90. The number of carbonyl (C=O) groups excluding carboxylic acids is 1. The van der Waals surface area contributed by atoms with Crippen molar-refractivity contribution in [1.82, 2.24) is 0 Å². The van der Waals surface area contributed by atoms with Crippen LogP contribution >= 0.6 is 0 Å². The zero-order valence-electron chi connectivity index (χ0n) is 12.7. The quantitative estimate of drug-likeness (QED) is 0.572. The molecule has 1 aromatic carbocycles. The Morgan fingerprint density at radius 2 is 1.58 bits per heavy atom. The number of ketones is 1. The molecule has 0 heterocycles. The summed E-state index contributed by atoms with van der Waals surface area (Å²) < 4.78 is 10.7. The van der Waals surface area contributed by atoms with E-state index in [2.05, 4.69) is 27.7 Å². The Bertz CT molecular complexity index is 418. The maximum atomic E-state index is 11.7. The Labute approximate surface area is 115 Å². The van der Waals surface area contributed by atoms with Crippen LogP contribution in [-0.2, 0) is 4.74 Å². The Balaban J connectivity index is 3.41. The highest BCUT2D eigenvalue weighted by atomic mass is 16.7. The van der Waals surface area contributed by atoms with Gasteiger partial charge >= 0.3 is 0 Å². The van der Waals surface area contributed by atoms with Gasteiger partial charge in [-0.1, -0.05) is 27.7 Å². The van der Waals surface area contributed by atoms with Crippen LogP contribution in [0.3, 0.4) is 0 Å². The van der Waals surface area contributed by atoms with Crippen LogP contribution < -0.4 is 4.74 Å². The molecule has 1 rings (SSSR count). The Morgan fingerprint density at radius 1 is 1.11 bits per heavy atom. The second-order valence-corrected chi connectivity index (χ2v) is 5.40. The Hall–Kier alpha value is -1.35. The molecule has 3 nitrogen and oxygen atoms in total. The molecule has 0 fully saturated rings. The van der Waals surface area contributed by atoms with Gasteiger partial charge in [0.2, 0.25) is 0 Å². The number of Topliss-reactive ketones (excluding diaryl/α,β-unsaturated/α-hetero) is 1. The van der Waals surface area contributed by atoms with Crippen LogP contribution in [0.4, 0.5) is 0 Å². The van der Waals surface area contributed by atoms with E-state index in [4.69, 9.17) is 9.47 Å². The lowest BCUT2D eigenvalue weighted by molar-refractivity contribution is 0.0494. The summed E-state index contributed by atoms with van der Waals surface area (Å²) in [6, 6.07) is 3.87. The van der Waals surface area contributed by atoms with E-state index in [1.807, 2.05) is 12.1 Å². The summed E-state index contributed by atoms with van der Waals surface area (Å²) in [4.78, 5) is 11.7. The van der Waals surface area contributed by atoms with Gasteiger partial charge in [-0.15, -0.1) is 0 Å². The van der Waals surface area contributed by atoms with Gasteiger partial charge in [0.1, 0.15) is 5.75 Å². The van der Waals surface area contributed by atoms with Crippen LogP contribution in [0.1, 0.15) is 67.9 Å². The first kappa shape index (κ1) is 15.7. The van der Waals surface area contributed by atoms with Gasteiger partial charge in [0.15, 0.2) is 12.6 Å². The van der Waals surface area contributed by atoms with E-state index in [-0.39, 0.29) is 12.6 Å². The smallest absolute Gasteiger partial charge is 0.188 e. The predicted octanol–water partition coefficient (Wildman–Crippen LogP) is 4.12. The van der Waals surface area contributed by atoms with E-state index >= 15 is 0 Å². The van der Waals surface area contributed by atoms with Crippen molar-refractivity contribution >= 4 is 5.78 Å². The summed E-state index contributed by atoms with van der Waals surface area (Å²) in [7, 11) is 1.61. The summed E-state index contributed by atoms with van der Waals surface area (Å²) in [6.07, 6.45) is 0. The van der Waals surface area contributed by atoms with Crippen molar-refractivity contribution in [2.45, 2.75) is 46.5 Å². The van der Waals surface area contributed by atoms with E-state index in [1.54, 1.807) is 14.0 Å². The molecular formula is C16H24O3. The van der Waals surface area contributed by atoms with Crippen LogP contribution in [0.25, 0.3) is 0 Å². The molecule has 0 bridgehead atoms. The second kappa shape index (κ2) is 6.71. The van der Waals surface area contributed by atoms with E-state index < -0.39 is 0 Å². The van der Waals surface area contributed by atoms with Crippen molar-refractivity contribution < 1.29 is 14.3 Å². The molecule has 0 aromatic heterocycles. The summed E-state index contributed by atoms with van der Waals surface area (Å²) in [5.41, 5.74) is 2.87. The predicted molar refractivity (Wildman–Crippen MR) is 77.1 cm³/mol. The van der Waals surface area contributed by atoms with Crippen molar-refractivity contribution in [3.63, 3.8) is 0 Å². The topological polar surface area (TPSA) is 35.5 Å². The minimum absolute atomic E-state index is 0.0853. The third-order valence-corrected chi connectivity index (χ3v) is 3.12. The molecule has 0 aliphatic carbocycles. The molecular weight excluding hydrogens is 240 g/mol. The second-order valence-electron chi connectivity index (χ2n) is 5.40. The fourth-order valence-corrected chi connectivity index (χ4v) is 2.02. The highest BCUT2D eigenvalue weighted by Crippen LogP contribution is 2.36. The largest absolute Gasteiger partial charge is 0.467 e. The number of carbonyl (C=O) groups is 1. The van der Waals surface area contributed by atoms with Gasteiger partial charge in [0.05, 0.1) is 0 Å². The lowest BCUT2D eigenvalue weighted by Gasteiger charge is -2.21. The standard InChI is InChI=1S/C16H24O3/c1-10(2)14-7-13(12(5)17)8-15(11(3)4)16(14)19-9-18-6/h7-8,10-11H,9H2,1-6H3. The number of hydrogen-bond acceptors (Lipinski definition) is 3. The Kier molecular flexibility index (Phi) is 5.55. The maximum absolute atomic E-state index is 11.7. The van der Waals surface area contributed by atoms with Crippen LogP contribution in [-0.4, -0.2) is 19.7 Å².